The van der Waals surface area contributed by atoms with Gasteiger partial charge in [0.2, 0.25) is 0 Å². The van der Waals surface area contributed by atoms with Gasteiger partial charge in [0.25, 0.3) is 0 Å². The second-order valence-electron chi connectivity index (χ2n) is 5.80. The Morgan fingerprint density at radius 2 is 2.11 bits per heavy atom. The first-order valence-electron chi connectivity index (χ1n) is 7.57. The SMILES string of the molecule is CCCc1nc(N)cc(NC2CCCC(C)CC2)n1. The molecular formula is C15H26N4. The monoisotopic (exact) mass is 262 g/mol. The summed E-state index contributed by atoms with van der Waals surface area (Å²) in [5.74, 6) is 3.18. The number of nitrogens with two attached hydrogens (primary N) is 1. The van der Waals surface area contributed by atoms with Gasteiger partial charge in [0.15, 0.2) is 0 Å². The molecule has 1 fully saturated rings. The third-order valence-corrected chi connectivity index (χ3v) is 3.88. The minimum Gasteiger partial charge on any atom is -0.384 e. The zero-order valence-corrected chi connectivity index (χ0v) is 12.2. The van der Waals surface area contributed by atoms with E-state index >= 15 is 0 Å². The zero-order valence-electron chi connectivity index (χ0n) is 12.2. The van der Waals surface area contributed by atoms with Gasteiger partial charge in [-0.15, -0.1) is 0 Å². The summed E-state index contributed by atoms with van der Waals surface area (Å²) in [5.41, 5.74) is 5.86. The van der Waals surface area contributed by atoms with E-state index in [0.29, 0.717) is 11.9 Å². The predicted octanol–water partition coefficient (Wildman–Crippen LogP) is 3.39. The highest BCUT2D eigenvalue weighted by Gasteiger charge is 2.16. The third-order valence-electron chi connectivity index (χ3n) is 3.88. The summed E-state index contributed by atoms with van der Waals surface area (Å²) in [6.07, 6.45) is 8.36. The molecule has 0 radical (unpaired) electrons. The summed E-state index contributed by atoms with van der Waals surface area (Å²) in [7, 11) is 0. The van der Waals surface area contributed by atoms with Crippen LogP contribution in [0.3, 0.4) is 0 Å². The van der Waals surface area contributed by atoms with Crippen molar-refractivity contribution in [2.24, 2.45) is 5.92 Å². The largest absolute Gasteiger partial charge is 0.384 e. The number of nitrogen functional groups attached to an aromatic ring is 1. The zero-order chi connectivity index (χ0) is 13.7. The van der Waals surface area contributed by atoms with Crippen LogP contribution in [-0.2, 0) is 6.42 Å². The van der Waals surface area contributed by atoms with Crippen LogP contribution in [0, 0.1) is 5.92 Å². The van der Waals surface area contributed by atoms with E-state index in [1.54, 1.807) is 0 Å². The van der Waals surface area contributed by atoms with Gasteiger partial charge in [0, 0.05) is 18.5 Å². The fraction of sp³-hybridized carbons (Fsp3) is 0.733. The highest BCUT2D eigenvalue weighted by molar-refractivity contribution is 5.45. The van der Waals surface area contributed by atoms with Gasteiger partial charge in [-0.25, -0.2) is 9.97 Å². The minimum atomic E-state index is 0.536. The standard InChI is InChI=1S/C15H26N4/c1-3-5-14-18-13(16)10-15(19-14)17-12-7-4-6-11(2)8-9-12/h10-12H,3-9H2,1-2H3,(H3,16,17,18,19). The maximum absolute atomic E-state index is 5.86. The quantitative estimate of drug-likeness (QED) is 0.816. The summed E-state index contributed by atoms with van der Waals surface area (Å²) in [4.78, 5) is 8.84. The van der Waals surface area contributed by atoms with Crippen LogP contribution in [0.4, 0.5) is 11.6 Å². The van der Waals surface area contributed by atoms with Crippen molar-refractivity contribution in [3.8, 4) is 0 Å². The molecule has 1 aromatic rings. The minimum absolute atomic E-state index is 0.536. The lowest BCUT2D eigenvalue weighted by Gasteiger charge is -2.17. The van der Waals surface area contributed by atoms with Crippen LogP contribution in [0.2, 0.25) is 0 Å². The van der Waals surface area contributed by atoms with Gasteiger partial charge >= 0.3 is 0 Å². The first-order chi connectivity index (χ1) is 9.17. The lowest BCUT2D eigenvalue weighted by Crippen LogP contribution is -2.20. The van der Waals surface area contributed by atoms with Gasteiger partial charge in [-0.1, -0.05) is 26.7 Å². The Hall–Kier alpha value is -1.32. The summed E-state index contributed by atoms with van der Waals surface area (Å²) in [6, 6.07) is 2.39. The summed E-state index contributed by atoms with van der Waals surface area (Å²) in [6.45, 7) is 4.48. The molecule has 0 spiro atoms. The number of nitrogens with zero attached hydrogens (tertiary/aromatic N) is 2. The van der Waals surface area contributed by atoms with Crippen LogP contribution in [0.15, 0.2) is 6.07 Å². The molecule has 1 saturated carbocycles. The van der Waals surface area contributed by atoms with Gasteiger partial charge < -0.3 is 11.1 Å². The Balaban J connectivity index is 2.01. The number of hydrogen-bond acceptors (Lipinski definition) is 4. The number of aromatic nitrogens is 2. The number of aryl methyl sites for hydroxylation is 1. The van der Waals surface area contributed by atoms with Crippen LogP contribution >= 0.6 is 0 Å². The number of nitrogens with one attached hydrogen (secondary N) is 1. The Morgan fingerprint density at radius 3 is 2.89 bits per heavy atom. The van der Waals surface area contributed by atoms with Crippen molar-refractivity contribution < 1.29 is 0 Å². The van der Waals surface area contributed by atoms with Crippen molar-refractivity contribution in [3.63, 3.8) is 0 Å². The van der Waals surface area contributed by atoms with Crippen LogP contribution in [0.5, 0.6) is 0 Å². The van der Waals surface area contributed by atoms with Crippen molar-refractivity contribution in [1.82, 2.24) is 9.97 Å². The number of hydrogen-bond donors (Lipinski definition) is 2. The van der Waals surface area contributed by atoms with E-state index in [0.717, 1.165) is 30.4 Å². The second kappa shape index (κ2) is 6.73. The molecule has 19 heavy (non-hydrogen) atoms. The Bertz CT molecular complexity index is 405. The smallest absolute Gasteiger partial charge is 0.133 e. The molecule has 0 amide bonds. The van der Waals surface area contributed by atoms with Gasteiger partial charge in [-0.05, 0) is 31.6 Å². The van der Waals surface area contributed by atoms with E-state index < -0.39 is 0 Å². The number of rotatable bonds is 4. The van der Waals surface area contributed by atoms with E-state index in [4.69, 9.17) is 5.73 Å². The van der Waals surface area contributed by atoms with E-state index in [-0.39, 0.29) is 0 Å². The van der Waals surface area contributed by atoms with Crippen molar-refractivity contribution in [3.05, 3.63) is 11.9 Å². The molecule has 1 aliphatic rings. The fourth-order valence-electron chi connectivity index (χ4n) is 2.77. The molecule has 1 heterocycles. The van der Waals surface area contributed by atoms with Crippen LogP contribution in [-0.4, -0.2) is 16.0 Å². The molecule has 4 nitrogen and oxygen atoms in total. The summed E-state index contributed by atoms with van der Waals surface area (Å²) in [5, 5.41) is 3.55. The maximum Gasteiger partial charge on any atom is 0.133 e. The van der Waals surface area contributed by atoms with Crippen LogP contribution < -0.4 is 11.1 Å². The molecule has 0 saturated heterocycles. The Kier molecular flexibility index (Phi) is 5.00. The van der Waals surface area contributed by atoms with E-state index in [9.17, 15) is 0 Å². The van der Waals surface area contributed by atoms with Gasteiger partial charge in [0.05, 0.1) is 0 Å². The average Bonchev–Trinajstić information content (AvgIpc) is 2.54. The fourth-order valence-corrected chi connectivity index (χ4v) is 2.77. The molecule has 0 aliphatic heterocycles. The Labute approximate surface area is 116 Å². The average molecular weight is 262 g/mol. The lowest BCUT2D eigenvalue weighted by molar-refractivity contribution is 0.502. The molecule has 0 bridgehead atoms. The molecule has 106 valence electrons. The maximum atomic E-state index is 5.86. The van der Waals surface area contributed by atoms with Crippen LogP contribution in [0.25, 0.3) is 0 Å². The van der Waals surface area contributed by atoms with Crippen LogP contribution in [0.1, 0.15) is 58.2 Å². The predicted molar refractivity (Wildman–Crippen MR) is 80.1 cm³/mol. The highest BCUT2D eigenvalue weighted by atomic mass is 15.1. The third kappa shape index (κ3) is 4.37. The molecule has 2 unspecified atom stereocenters. The molecule has 1 aliphatic carbocycles. The van der Waals surface area contributed by atoms with E-state index in [1.165, 1.54) is 32.1 Å². The highest BCUT2D eigenvalue weighted by Crippen LogP contribution is 2.24. The van der Waals surface area contributed by atoms with Crippen molar-refractivity contribution in [1.29, 1.82) is 0 Å². The van der Waals surface area contributed by atoms with Crippen molar-refractivity contribution in [2.75, 3.05) is 11.1 Å². The van der Waals surface area contributed by atoms with Gasteiger partial charge in [-0.2, -0.15) is 0 Å². The summed E-state index contributed by atoms with van der Waals surface area (Å²) < 4.78 is 0. The lowest BCUT2D eigenvalue weighted by atomic mass is 10.0. The first-order valence-corrected chi connectivity index (χ1v) is 7.57. The molecule has 1 aromatic heterocycles. The molecule has 3 N–H and O–H groups in total. The molecule has 4 heteroatoms. The van der Waals surface area contributed by atoms with Crippen molar-refractivity contribution in [2.45, 2.75) is 64.8 Å². The first kappa shape index (κ1) is 14.1. The molecule has 2 rings (SSSR count). The van der Waals surface area contributed by atoms with E-state index in [1.807, 2.05) is 6.07 Å². The summed E-state index contributed by atoms with van der Waals surface area (Å²) >= 11 is 0. The van der Waals surface area contributed by atoms with Gasteiger partial charge in [-0.3, -0.25) is 0 Å². The van der Waals surface area contributed by atoms with E-state index in [2.05, 4.69) is 29.1 Å². The Morgan fingerprint density at radius 1 is 1.26 bits per heavy atom. The molecular weight excluding hydrogens is 236 g/mol. The van der Waals surface area contributed by atoms with Gasteiger partial charge in [0.1, 0.15) is 17.5 Å². The molecule has 2 atom stereocenters. The second-order valence-corrected chi connectivity index (χ2v) is 5.80. The number of anilines is 2. The molecule has 0 aromatic carbocycles. The normalized spacial score (nSPS) is 23.9. The topological polar surface area (TPSA) is 63.8 Å². The van der Waals surface area contributed by atoms with Crippen molar-refractivity contribution >= 4 is 11.6 Å².